The van der Waals surface area contributed by atoms with Crippen molar-refractivity contribution in [3.8, 4) is 6.07 Å². The van der Waals surface area contributed by atoms with Crippen molar-refractivity contribution in [1.29, 1.82) is 5.26 Å². The highest BCUT2D eigenvalue weighted by Crippen LogP contribution is 2.47. The molecule has 0 atom stereocenters. The largest absolute Gasteiger partial charge is 0.197 e. The fourth-order valence-electron chi connectivity index (χ4n) is 1.88. The second-order valence-corrected chi connectivity index (χ2v) is 6.24. The molecule has 2 heteroatoms. The first-order valence-corrected chi connectivity index (χ1v) is 6.67. The topological polar surface area (TPSA) is 23.8 Å². The molecule has 0 heterocycles. The van der Waals surface area contributed by atoms with E-state index in [1.807, 2.05) is 0 Å². The lowest BCUT2D eigenvalue weighted by atomic mass is 9.86. The fourth-order valence-corrected chi connectivity index (χ4v) is 3.14. The minimum absolute atomic E-state index is 0.126. The standard InChI is InChI=1S/C14H17NS/c1-11(2)12-4-6-13(7-5-12)16-14(10-15)8-3-9-14/h4-7,11H,3,8-9H2,1-2H3. The van der Waals surface area contributed by atoms with Crippen molar-refractivity contribution in [3.05, 3.63) is 29.8 Å². The Morgan fingerprint density at radius 2 is 1.88 bits per heavy atom. The van der Waals surface area contributed by atoms with Crippen molar-refractivity contribution < 1.29 is 0 Å². The van der Waals surface area contributed by atoms with Crippen LogP contribution in [0.25, 0.3) is 0 Å². The fraction of sp³-hybridized carbons (Fsp3) is 0.500. The summed E-state index contributed by atoms with van der Waals surface area (Å²) in [6.07, 6.45) is 3.28. The quantitative estimate of drug-likeness (QED) is 0.772. The highest BCUT2D eigenvalue weighted by Gasteiger charge is 2.38. The average Bonchev–Trinajstić information content (AvgIpc) is 2.24. The molecule has 1 fully saturated rings. The molecule has 1 aromatic rings. The van der Waals surface area contributed by atoms with Gasteiger partial charge < -0.3 is 0 Å². The van der Waals surface area contributed by atoms with Crippen molar-refractivity contribution in [2.24, 2.45) is 0 Å². The van der Waals surface area contributed by atoms with E-state index in [0.29, 0.717) is 5.92 Å². The van der Waals surface area contributed by atoms with Crippen LogP contribution in [0.15, 0.2) is 29.2 Å². The van der Waals surface area contributed by atoms with Gasteiger partial charge in [0.2, 0.25) is 0 Å². The van der Waals surface area contributed by atoms with Crippen LogP contribution in [-0.4, -0.2) is 4.75 Å². The molecule has 1 saturated carbocycles. The third-order valence-electron chi connectivity index (χ3n) is 3.22. The van der Waals surface area contributed by atoms with Crippen LogP contribution in [0, 0.1) is 11.3 Å². The average molecular weight is 231 g/mol. The van der Waals surface area contributed by atoms with Crippen molar-refractivity contribution in [2.45, 2.75) is 48.7 Å². The van der Waals surface area contributed by atoms with E-state index in [-0.39, 0.29) is 4.75 Å². The van der Waals surface area contributed by atoms with Crippen LogP contribution in [0.5, 0.6) is 0 Å². The molecule has 0 spiro atoms. The molecule has 1 aliphatic carbocycles. The normalized spacial score (nSPS) is 17.9. The molecular formula is C14H17NS. The van der Waals surface area contributed by atoms with Crippen LogP contribution in [0.4, 0.5) is 0 Å². The van der Waals surface area contributed by atoms with Crippen molar-refractivity contribution in [3.63, 3.8) is 0 Å². The highest BCUT2D eigenvalue weighted by atomic mass is 32.2. The van der Waals surface area contributed by atoms with Gasteiger partial charge >= 0.3 is 0 Å². The molecule has 1 aliphatic rings. The van der Waals surface area contributed by atoms with Gasteiger partial charge in [0.05, 0.1) is 6.07 Å². The lowest BCUT2D eigenvalue weighted by Gasteiger charge is -2.34. The summed E-state index contributed by atoms with van der Waals surface area (Å²) in [6.45, 7) is 4.40. The summed E-state index contributed by atoms with van der Waals surface area (Å²) >= 11 is 1.74. The van der Waals surface area contributed by atoms with Gasteiger partial charge in [-0.15, -0.1) is 11.8 Å². The van der Waals surface area contributed by atoms with Gasteiger partial charge in [-0.3, -0.25) is 0 Å². The number of nitriles is 1. The molecule has 0 amide bonds. The van der Waals surface area contributed by atoms with Crippen LogP contribution >= 0.6 is 11.8 Å². The van der Waals surface area contributed by atoms with Gasteiger partial charge in [-0.2, -0.15) is 5.26 Å². The molecule has 0 N–H and O–H groups in total. The monoisotopic (exact) mass is 231 g/mol. The summed E-state index contributed by atoms with van der Waals surface area (Å²) < 4.78 is -0.126. The summed E-state index contributed by atoms with van der Waals surface area (Å²) in [5.74, 6) is 0.577. The van der Waals surface area contributed by atoms with Crippen molar-refractivity contribution >= 4 is 11.8 Å². The second kappa shape index (κ2) is 4.51. The third kappa shape index (κ3) is 2.25. The summed E-state index contributed by atoms with van der Waals surface area (Å²) in [6, 6.07) is 11.1. The number of thioether (sulfide) groups is 1. The predicted molar refractivity (Wildman–Crippen MR) is 68.6 cm³/mol. The van der Waals surface area contributed by atoms with E-state index >= 15 is 0 Å². The number of rotatable bonds is 3. The first-order valence-electron chi connectivity index (χ1n) is 5.85. The minimum atomic E-state index is -0.126. The Balaban J connectivity index is 2.08. The minimum Gasteiger partial charge on any atom is -0.197 e. The van der Waals surface area contributed by atoms with Gasteiger partial charge in [0, 0.05) is 4.90 Å². The molecule has 1 nitrogen and oxygen atoms in total. The molecule has 0 saturated heterocycles. The number of hydrogen-bond acceptors (Lipinski definition) is 2. The molecule has 0 aliphatic heterocycles. The van der Waals surface area contributed by atoms with E-state index in [9.17, 15) is 0 Å². The Hall–Kier alpha value is -0.940. The van der Waals surface area contributed by atoms with E-state index in [1.165, 1.54) is 16.9 Å². The van der Waals surface area contributed by atoms with Gasteiger partial charge in [0.25, 0.3) is 0 Å². The summed E-state index contributed by atoms with van der Waals surface area (Å²) in [4.78, 5) is 1.23. The van der Waals surface area contributed by atoms with Crippen LogP contribution in [0.3, 0.4) is 0 Å². The maximum absolute atomic E-state index is 9.17. The zero-order valence-corrected chi connectivity index (χ0v) is 10.7. The van der Waals surface area contributed by atoms with E-state index in [0.717, 1.165) is 12.8 Å². The van der Waals surface area contributed by atoms with E-state index in [2.05, 4.69) is 44.2 Å². The number of benzene rings is 1. The molecule has 0 radical (unpaired) electrons. The Morgan fingerprint density at radius 1 is 1.25 bits per heavy atom. The van der Waals surface area contributed by atoms with E-state index < -0.39 is 0 Å². The predicted octanol–water partition coefficient (Wildman–Crippen LogP) is 4.35. The van der Waals surface area contributed by atoms with Gasteiger partial charge in [-0.1, -0.05) is 26.0 Å². The SMILES string of the molecule is CC(C)c1ccc(SC2(C#N)CCC2)cc1. The van der Waals surface area contributed by atoms with Crippen LogP contribution < -0.4 is 0 Å². The lowest BCUT2D eigenvalue weighted by molar-refractivity contribution is 0.440. The number of nitrogens with zero attached hydrogens (tertiary/aromatic N) is 1. The van der Waals surface area contributed by atoms with Crippen LogP contribution in [0.2, 0.25) is 0 Å². The summed E-state index contributed by atoms with van der Waals surface area (Å²) in [7, 11) is 0. The molecule has 0 unspecified atom stereocenters. The Kier molecular flexibility index (Phi) is 3.25. The molecule has 1 aromatic carbocycles. The number of hydrogen-bond donors (Lipinski definition) is 0. The molecule has 16 heavy (non-hydrogen) atoms. The Bertz CT molecular complexity index is 396. The van der Waals surface area contributed by atoms with Gasteiger partial charge in [-0.05, 0) is 42.9 Å². The van der Waals surface area contributed by atoms with E-state index in [4.69, 9.17) is 5.26 Å². The van der Waals surface area contributed by atoms with Gasteiger partial charge in [-0.25, -0.2) is 0 Å². The summed E-state index contributed by atoms with van der Waals surface area (Å²) in [5.41, 5.74) is 1.36. The lowest BCUT2D eigenvalue weighted by Crippen LogP contribution is -2.30. The zero-order valence-electron chi connectivity index (χ0n) is 9.86. The van der Waals surface area contributed by atoms with E-state index in [1.54, 1.807) is 11.8 Å². The molecular weight excluding hydrogens is 214 g/mol. The van der Waals surface area contributed by atoms with Crippen molar-refractivity contribution in [2.75, 3.05) is 0 Å². The summed E-state index contributed by atoms with van der Waals surface area (Å²) in [5, 5.41) is 9.17. The van der Waals surface area contributed by atoms with Gasteiger partial charge in [0.1, 0.15) is 4.75 Å². The van der Waals surface area contributed by atoms with Crippen molar-refractivity contribution in [1.82, 2.24) is 0 Å². The molecule has 2 rings (SSSR count). The van der Waals surface area contributed by atoms with Crippen LogP contribution in [0.1, 0.15) is 44.6 Å². The maximum Gasteiger partial charge on any atom is 0.107 e. The Labute approximate surface area is 102 Å². The van der Waals surface area contributed by atoms with Gasteiger partial charge in [0.15, 0.2) is 0 Å². The first kappa shape index (κ1) is 11.5. The molecule has 0 aromatic heterocycles. The molecule has 84 valence electrons. The third-order valence-corrected chi connectivity index (χ3v) is 4.62. The van der Waals surface area contributed by atoms with Crippen LogP contribution in [-0.2, 0) is 0 Å². The second-order valence-electron chi connectivity index (χ2n) is 4.79. The Morgan fingerprint density at radius 3 is 2.25 bits per heavy atom. The highest BCUT2D eigenvalue weighted by molar-refractivity contribution is 8.01. The maximum atomic E-state index is 9.17. The zero-order chi connectivity index (χ0) is 11.6. The smallest absolute Gasteiger partial charge is 0.107 e. The first-order chi connectivity index (χ1) is 7.65. The molecule has 0 bridgehead atoms.